The number of fused-ring (bicyclic) bond motifs is 1. The summed E-state index contributed by atoms with van der Waals surface area (Å²) in [4.78, 5) is 18.4. The molecule has 1 aromatic carbocycles. The number of aryl methyl sites for hydroxylation is 1. The number of nitrogens with zero attached hydrogens (tertiary/aromatic N) is 4. The molecule has 0 unspecified atom stereocenters. The van der Waals surface area contributed by atoms with Crippen LogP contribution in [0.3, 0.4) is 0 Å². The van der Waals surface area contributed by atoms with Crippen molar-refractivity contribution in [1.82, 2.24) is 9.55 Å². The van der Waals surface area contributed by atoms with Crippen LogP contribution >= 0.6 is 11.3 Å². The molecule has 28 heavy (non-hydrogen) atoms. The predicted molar refractivity (Wildman–Crippen MR) is 114 cm³/mol. The van der Waals surface area contributed by atoms with Gasteiger partial charge in [0.1, 0.15) is 0 Å². The molecule has 0 spiro atoms. The predicted octanol–water partition coefficient (Wildman–Crippen LogP) is 5.61. The van der Waals surface area contributed by atoms with Gasteiger partial charge in [-0.3, -0.25) is 4.79 Å². The van der Waals surface area contributed by atoms with Crippen LogP contribution in [-0.4, -0.2) is 14.7 Å². The largest absolute Gasteiger partial charge is 0.505 e. The van der Waals surface area contributed by atoms with E-state index in [-0.39, 0.29) is 16.9 Å². The van der Waals surface area contributed by atoms with Crippen LogP contribution < -0.4 is 5.56 Å². The Bertz CT molecular complexity index is 1100. The zero-order valence-corrected chi connectivity index (χ0v) is 18.0. The molecule has 0 radical (unpaired) electrons. The maximum absolute atomic E-state index is 12.6. The molecule has 7 heteroatoms. The van der Waals surface area contributed by atoms with Gasteiger partial charge in [-0.1, -0.05) is 58.1 Å². The molecule has 0 saturated heterocycles. The Morgan fingerprint density at radius 2 is 1.89 bits per heavy atom. The van der Waals surface area contributed by atoms with Crippen LogP contribution in [0.4, 0.5) is 10.8 Å². The van der Waals surface area contributed by atoms with Crippen molar-refractivity contribution in [2.75, 3.05) is 0 Å². The normalized spacial score (nSPS) is 12.5. The van der Waals surface area contributed by atoms with Gasteiger partial charge in [0.2, 0.25) is 5.13 Å². The second-order valence-corrected chi connectivity index (χ2v) is 9.38. The van der Waals surface area contributed by atoms with Gasteiger partial charge in [0, 0.05) is 17.3 Å². The van der Waals surface area contributed by atoms with Gasteiger partial charge in [-0.15, -0.1) is 10.2 Å². The van der Waals surface area contributed by atoms with Crippen LogP contribution in [0.15, 0.2) is 39.3 Å². The van der Waals surface area contributed by atoms with Crippen molar-refractivity contribution >= 4 is 33.1 Å². The fraction of sp³-hybridized carbons (Fsp3) is 0.429. The van der Waals surface area contributed by atoms with E-state index in [2.05, 4.69) is 49.8 Å². The summed E-state index contributed by atoms with van der Waals surface area (Å²) in [6, 6.07) is 7.17. The van der Waals surface area contributed by atoms with Crippen molar-refractivity contribution in [2.24, 2.45) is 23.2 Å². The van der Waals surface area contributed by atoms with Crippen molar-refractivity contribution in [3.05, 3.63) is 45.2 Å². The van der Waals surface area contributed by atoms with Crippen molar-refractivity contribution in [2.45, 2.75) is 46.5 Å². The monoisotopic (exact) mass is 398 g/mol. The minimum Gasteiger partial charge on any atom is -0.505 e. The fourth-order valence-electron chi connectivity index (χ4n) is 3.14. The molecule has 1 N–H and O–H groups in total. The molecule has 0 aliphatic rings. The van der Waals surface area contributed by atoms with Crippen LogP contribution in [0.5, 0.6) is 5.75 Å². The lowest BCUT2D eigenvalue weighted by molar-refractivity contribution is 0.480. The molecule has 148 valence electrons. The molecule has 0 bridgehead atoms. The molecular formula is C21H26N4O2S. The summed E-state index contributed by atoms with van der Waals surface area (Å²) in [6.07, 6.45) is 0.863. The van der Waals surface area contributed by atoms with E-state index in [1.807, 2.05) is 12.1 Å². The highest BCUT2D eigenvalue weighted by Gasteiger charge is 2.24. The highest BCUT2D eigenvalue weighted by molar-refractivity contribution is 7.15. The Balaban J connectivity index is 2.08. The number of para-hydroxylation sites is 1. The first-order valence-electron chi connectivity index (χ1n) is 9.32. The topological polar surface area (TPSA) is 79.8 Å². The number of thiazole rings is 1. The molecule has 3 rings (SSSR count). The van der Waals surface area contributed by atoms with E-state index >= 15 is 0 Å². The molecule has 0 aliphatic heterocycles. The highest BCUT2D eigenvalue weighted by atomic mass is 32.1. The Hall–Kier alpha value is -2.54. The Kier molecular flexibility index (Phi) is 5.39. The van der Waals surface area contributed by atoms with Gasteiger partial charge in [0.25, 0.3) is 5.56 Å². The average molecular weight is 399 g/mol. The number of rotatable bonds is 4. The summed E-state index contributed by atoms with van der Waals surface area (Å²) in [5.41, 5.74) is 1.16. The molecular weight excluding hydrogens is 372 g/mol. The average Bonchev–Trinajstić information content (AvgIpc) is 3.02. The molecule has 2 aromatic heterocycles. The molecule has 0 amide bonds. The molecule has 3 aromatic rings. The van der Waals surface area contributed by atoms with Gasteiger partial charge < -0.3 is 9.67 Å². The molecule has 0 aliphatic carbocycles. The zero-order valence-electron chi connectivity index (χ0n) is 17.1. The van der Waals surface area contributed by atoms with E-state index in [1.165, 1.54) is 20.8 Å². The summed E-state index contributed by atoms with van der Waals surface area (Å²) >= 11 is 1.49. The second-order valence-electron chi connectivity index (χ2n) is 8.40. The Morgan fingerprint density at radius 1 is 1.21 bits per heavy atom. The summed E-state index contributed by atoms with van der Waals surface area (Å²) in [5, 5.41) is 19.9. The van der Waals surface area contributed by atoms with Crippen LogP contribution in [-0.2, 0) is 18.9 Å². The maximum atomic E-state index is 12.6. The minimum atomic E-state index is -0.394. The smallest absolute Gasteiger partial charge is 0.282 e. The van der Waals surface area contributed by atoms with E-state index in [1.54, 1.807) is 19.2 Å². The van der Waals surface area contributed by atoms with Gasteiger partial charge in [-0.25, -0.2) is 4.98 Å². The quantitative estimate of drug-likeness (QED) is 0.580. The highest BCUT2D eigenvalue weighted by Crippen LogP contribution is 2.38. The standard InChI is InChI=1S/C21H26N4O2S/c1-12(2)11-14-18(21(3,4)5)28-20(22-14)24-23-16-17(26)13-9-7-8-10-15(13)25(6)19(16)27/h7-10,12,26H,11H2,1-6H3. The third-order valence-corrected chi connectivity index (χ3v) is 5.86. The van der Waals surface area contributed by atoms with Gasteiger partial charge in [0.05, 0.1) is 11.2 Å². The summed E-state index contributed by atoms with van der Waals surface area (Å²) < 4.78 is 1.47. The molecule has 0 fully saturated rings. The molecule has 2 heterocycles. The van der Waals surface area contributed by atoms with Gasteiger partial charge >= 0.3 is 0 Å². The van der Waals surface area contributed by atoms with Crippen molar-refractivity contribution in [1.29, 1.82) is 0 Å². The van der Waals surface area contributed by atoms with Crippen LogP contribution in [0.25, 0.3) is 10.9 Å². The number of hydrogen-bond donors (Lipinski definition) is 1. The third kappa shape index (κ3) is 3.85. The number of azo groups is 1. The number of benzene rings is 1. The lowest BCUT2D eigenvalue weighted by Gasteiger charge is -2.18. The fourth-order valence-corrected chi connectivity index (χ4v) is 4.11. The van der Waals surface area contributed by atoms with Crippen LogP contribution in [0.1, 0.15) is 45.2 Å². The number of pyridine rings is 1. The van der Waals surface area contributed by atoms with Crippen molar-refractivity contribution in [3.8, 4) is 5.75 Å². The molecule has 0 atom stereocenters. The summed E-state index contributed by atoms with van der Waals surface area (Å²) in [7, 11) is 1.66. The third-order valence-electron chi connectivity index (χ3n) is 4.46. The molecule has 6 nitrogen and oxygen atoms in total. The first-order chi connectivity index (χ1) is 13.1. The minimum absolute atomic E-state index is 0.0448. The Morgan fingerprint density at radius 3 is 2.54 bits per heavy atom. The Labute approximate surface area is 168 Å². The van der Waals surface area contributed by atoms with Crippen molar-refractivity contribution in [3.63, 3.8) is 0 Å². The summed E-state index contributed by atoms with van der Waals surface area (Å²) in [6.45, 7) is 10.8. The summed E-state index contributed by atoms with van der Waals surface area (Å²) in [5.74, 6) is 0.322. The maximum Gasteiger partial charge on any atom is 0.282 e. The lowest BCUT2D eigenvalue weighted by Crippen LogP contribution is -2.16. The molecule has 0 saturated carbocycles. The first-order valence-corrected chi connectivity index (χ1v) is 10.1. The van der Waals surface area contributed by atoms with E-state index in [0.29, 0.717) is 22.0 Å². The SMILES string of the molecule is CC(C)Cc1nc(N=Nc2c(O)c3ccccc3n(C)c2=O)sc1C(C)(C)C. The lowest BCUT2D eigenvalue weighted by atomic mass is 9.91. The van der Waals surface area contributed by atoms with E-state index in [0.717, 1.165) is 12.1 Å². The van der Waals surface area contributed by atoms with Gasteiger partial charge in [-0.05, 0) is 29.9 Å². The second kappa shape index (κ2) is 7.47. The van der Waals surface area contributed by atoms with Gasteiger partial charge in [0.15, 0.2) is 11.4 Å². The zero-order chi connectivity index (χ0) is 20.6. The first kappa shape index (κ1) is 20.2. The van der Waals surface area contributed by atoms with E-state index in [4.69, 9.17) is 0 Å². The van der Waals surface area contributed by atoms with Crippen molar-refractivity contribution < 1.29 is 5.11 Å². The number of aromatic nitrogens is 2. The van der Waals surface area contributed by atoms with Crippen LogP contribution in [0, 0.1) is 5.92 Å². The van der Waals surface area contributed by atoms with Gasteiger partial charge in [-0.2, -0.15) is 0 Å². The van der Waals surface area contributed by atoms with E-state index < -0.39 is 5.56 Å². The number of hydrogen-bond acceptors (Lipinski definition) is 6. The van der Waals surface area contributed by atoms with E-state index in [9.17, 15) is 9.90 Å². The number of aromatic hydroxyl groups is 1. The van der Waals surface area contributed by atoms with Crippen LogP contribution in [0.2, 0.25) is 0 Å².